The summed E-state index contributed by atoms with van der Waals surface area (Å²) in [5.74, 6) is 0. The molecule has 7 heteroatoms. The summed E-state index contributed by atoms with van der Waals surface area (Å²) in [5, 5.41) is 7.16. The van der Waals surface area contributed by atoms with E-state index >= 15 is 0 Å². The first kappa shape index (κ1) is 9.14. The van der Waals surface area contributed by atoms with Crippen molar-refractivity contribution >= 4 is 22.7 Å². The molecule has 0 fully saturated rings. The average Bonchev–Trinajstić information content (AvgIpc) is 2.85. The SMILES string of the molecule is [N-]=[N+]=NCc1cnc(-c2nccs2)s1. The van der Waals surface area contributed by atoms with Gasteiger partial charge in [0.05, 0.1) is 6.54 Å². The Kier molecular flexibility index (Phi) is 2.73. The third-order valence-electron chi connectivity index (χ3n) is 1.46. The summed E-state index contributed by atoms with van der Waals surface area (Å²) in [4.78, 5) is 12.0. The first-order valence-electron chi connectivity index (χ1n) is 3.75. The average molecular weight is 223 g/mol. The molecule has 5 nitrogen and oxygen atoms in total. The molecule has 2 aromatic heterocycles. The number of thiazole rings is 2. The van der Waals surface area contributed by atoms with E-state index in [4.69, 9.17) is 5.53 Å². The lowest BCUT2D eigenvalue weighted by atomic mass is 10.6. The molecule has 0 unspecified atom stereocenters. The summed E-state index contributed by atoms with van der Waals surface area (Å²) < 4.78 is 0. The van der Waals surface area contributed by atoms with Crippen molar-refractivity contribution in [1.29, 1.82) is 0 Å². The van der Waals surface area contributed by atoms with Crippen molar-refractivity contribution in [2.75, 3.05) is 0 Å². The fourth-order valence-electron chi connectivity index (χ4n) is 0.910. The highest BCUT2D eigenvalue weighted by Gasteiger charge is 2.05. The molecular weight excluding hydrogens is 218 g/mol. The van der Waals surface area contributed by atoms with Crippen molar-refractivity contribution < 1.29 is 0 Å². The number of hydrogen-bond acceptors (Lipinski definition) is 5. The zero-order valence-corrected chi connectivity index (χ0v) is 8.62. The Hall–Kier alpha value is -1.43. The summed E-state index contributed by atoms with van der Waals surface area (Å²) in [7, 11) is 0. The summed E-state index contributed by atoms with van der Waals surface area (Å²) in [6.45, 7) is 0.361. The quantitative estimate of drug-likeness (QED) is 0.455. The molecular formula is C7H5N5S2. The van der Waals surface area contributed by atoms with Crippen LogP contribution in [0, 0.1) is 0 Å². The summed E-state index contributed by atoms with van der Waals surface area (Å²) in [6.07, 6.45) is 3.46. The highest BCUT2D eigenvalue weighted by atomic mass is 32.1. The van der Waals surface area contributed by atoms with Gasteiger partial charge in [0.25, 0.3) is 0 Å². The van der Waals surface area contributed by atoms with Crippen molar-refractivity contribution in [3.05, 3.63) is 33.1 Å². The zero-order valence-electron chi connectivity index (χ0n) is 6.99. The molecule has 2 heterocycles. The van der Waals surface area contributed by atoms with Crippen LogP contribution in [0.25, 0.3) is 20.5 Å². The third kappa shape index (κ3) is 1.90. The molecule has 0 aliphatic heterocycles. The Morgan fingerprint density at radius 2 is 2.36 bits per heavy atom. The zero-order chi connectivity index (χ0) is 9.80. The third-order valence-corrected chi connectivity index (χ3v) is 3.36. The molecule has 0 amide bonds. The fourth-order valence-corrected chi connectivity index (χ4v) is 2.43. The van der Waals surface area contributed by atoms with E-state index < -0.39 is 0 Å². The molecule has 0 radical (unpaired) electrons. The van der Waals surface area contributed by atoms with E-state index in [1.807, 2.05) is 5.38 Å². The van der Waals surface area contributed by atoms with Crippen LogP contribution in [0.5, 0.6) is 0 Å². The Balaban J connectivity index is 2.22. The predicted octanol–water partition coefficient (Wildman–Crippen LogP) is 3.08. The van der Waals surface area contributed by atoms with Gasteiger partial charge in [0.15, 0.2) is 10.0 Å². The van der Waals surface area contributed by atoms with Gasteiger partial charge < -0.3 is 0 Å². The first-order chi connectivity index (χ1) is 6.90. The Morgan fingerprint density at radius 1 is 1.43 bits per heavy atom. The van der Waals surface area contributed by atoms with Gasteiger partial charge in [-0.15, -0.1) is 22.7 Å². The van der Waals surface area contributed by atoms with Gasteiger partial charge in [0.2, 0.25) is 0 Å². The second-order valence-electron chi connectivity index (χ2n) is 2.36. The minimum atomic E-state index is 0.361. The normalized spacial score (nSPS) is 9.71. The van der Waals surface area contributed by atoms with Gasteiger partial charge >= 0.3 is 0 Å². The highest BCUT2D eigenvalue weighted by Crippen LogP contribution is 2.26. The standard InChI is InChI=1S/C7H5N5S2/c8-12-11-4-5-3-10-7(14-5)6-9-1-2-13-6/h1-3H,4H2. The van der Waals surface area contributed by atoms with Gasteiger partial charge in [-0.25, -0.2) is 9.97 Å². The first-order valence-corrected chi connectivity index (χ1v) is 5.45. The molecule has 0 atom stereocenters. The van der Waals surface area contributed by atoms with Gasteiger partial charge in [-0.3, -0.25) is 0 Å². The van der Waals surface area contributed by atoms with Crippen molar-refractivity contribution in [1.82, 2.24) is 9.97 Å². The maximum absolute atomic E-state index is 8.15. The number of aromatic nitrogens is 2. The van der Waals surface area contributed by atoms with E-state index in [-0.39, 0.29) is 0 Å². The second kappa shape index (κ2) is 4.19. The van der Waals surface area contributed by atoms with Gasteiger partial charge in [-0.2, -0.15) is 0 Å². The van der Waals surface area contributed by atoms with E-state index in [1.165, 1.54) is 11.3 Å². The maximum atomic E-state index is 8.15. The Labute approximate surface area is 87.7 Å². The lowest BCUT2D eigenvalue weighted by molar-refractivity contribution is 1.07. The van der Waals surface area contributed by atoms with Crippen LogP contribution in [0.4, 0.5) is 0 Å². The molecule has 0 N–H and O–H groups in total. The van der Waals surface area contributed by atoms with Crippen molar-refractivity contribution in [3.8, 4) is 10.0 Å². The second-order valence-corrected chi connectivity index (χ2v) is 4.37. The summed E-state index contributed by atoms with van der Waals surface area (Å²) >= 11 is 3.05. The predicted molar refractivity (Wildman–Crippen MR) is 56.1 cm³/mol. The minimum absolute atomic E-state index is 0.361. The van der Waals surface area contributed by atoms with Gasteiger partial charge in [0, 0.05) is 27.6 Å². The van der Waals surface area contributed by atoms with Crippen LogP contribution in [0.15, 0.2) is 22.9 Å². The molecule has 0 spiro atoms. The molecule has 14 heavy (non-hydrogen) atoms. The maximum Gasteiger partial charge on any atom is 0.152 e. The van der Waals surface area contributed by atoms with E-state index in [0.29, 0.717) is 6.54 Å². The minimum Gasteiger partial charge on any atom is -0.242 e. The molecule has 2 aromatic rings. The summed E-state index contributed by atoms with van der Waals surface area (Å²) in [6, 6.07) is 0. The molecule has 0 aromatic carbocycles. The van der Waals surface area contributed by atoms with E-state index in [0.717, 1.165) is 14.9 Å². The molecule has 0 aliphatic rings. The summed E-state index contributed by atoms with van der Waals surface area (Å²) in [5.41, 5.74) is 8.15. The number of nitrogens with zero attached hydrogens (tertiary/aromatic N) is 5. The Bertz CT molecular complexity index is 454. The van der Waals surface area contributed by atoms with Crippen LogP contribution in [-0.4, -0.2) is 9.97 Å². The van der Waals surface area contributed by atoms with Gasteiger partial charge in [-0.1, -0.05) is 5.11 Å². The molecule has 70 valence electrons. The lowest BCUT2D eigenvalue weighted by Gasteiger charge is -1.84. The van der Waals surface area contributed by atoms with E-state index in [1.54, 1.807) is 23.7 Å². The van der Waals surface area contributed by atoms with Crippen LogP contribution in [0.3, 0.4) is 0 Å². The van der Waals surface area contributed by atoms with Crippen LogP contribution in [0.2, 0.25) is 0 Å². The molecule has 0 aliphatic carbocycles. The smallest absolute Gasteiger partial charge is 0.152 e. The van der Waals surface area contributed by atoms with Crippen molar-refractivity contribution in [2.45, 2.75) is 6.54 Å². The van der Waals surface area contributed by atoms with Crippen molar-refractivity contribution in [2.24, 2.45) is 5.11 Å². The van der Waals surface area contributed by atoms with Gasteiger partial charge in [-0.05, 0) is 5.53 Å². The molecule has 0 saturated heterocycles. The number of azide groups is 1. The Morgan fingerprint density at radius 3 is 3.07 bits per heavy atom. The van der Waals surface area contributed by atoms with Crippen LogP contribution in [0.1, 0.15) is 4.88 Å². The molecule has 0 saturated carbocycles. The van der Waals surface area contributed by atoms with Gasteiger partial charge in [0.1, 0.15) is 0 Å². The van der Waals surface area contributed by atoms with Crippen LogP contribution < -0.4 is 0 Å². The lowest BCUT2D eigenvalue weighted by Crippen LogP contribution is -1.68. The van der Waals surface area contributed by atoms with Crippen LogP contribution >= 0.6 is 22.7 Å². The molecule has 0 bridgehead atoms. The largest absolute Gasteiger partial charge is 0.242 e. The van der Waals surface area contributed by atoms with E-state index in [2.05, 4.69) is 20.0 Å². The highest BCUT2D eigenvalue weighted by molar-refractivity contribution is 7.20. The molecule has 2 rings (SSSR count). The number of hydrogen-bond donors (Lipinski definition) is 0. The topological polar surface area (TPSA) is 74.5 Å². The number of rotatable bonds is 3. The van der Waals surface area contributed by atoms with Crippen LogP contribution in [-0.2, 0) is 6.54 Å². The van der Waals surface area contributed by atoms with E-state index in [9.17, 15) is 0 Å². The van der Waals surface area contributed by atoms with Crippen molar-refractivity contribution in [3.63, 3.8) is 0 Å². The monoisotopic (exact) mass is 223 g/mol. The fraction of sp³-hybridized carbons (Fsp3) is 0.143.